The van der Waals surface area contributed by atoms with Gasteiger partial charge in [-0.15, -0.1) is 0 Å². The summed E-state index contributed by atoms with van der Waals surface area (Å²) in [5.41, 5.74) is 0.524. The van der Waals surface area contributed by atoms with Gasteiger partial charge in [0.15, 0.2) is 0 Å². The van der Waals surface area contributed by atoms with Crippen LogP contribution in [0.4, 0.5) is 0 Å². The molecule has 2 bridgehead atoms. The second kappa shape index (κ2) is 8.05. The van der Waals surface area contributed by atoms with Crippen molar-refractivity contribution in [2.45, 2.75) is 89.4 Å². The number of carbonyl (C=O) groups is 1. The minimum absolute atomic E-state index is 0.0410. The maximum absolute atomic E-state index is 13.1. The van der Waals surface area contributed by atoms with Crippen molar-refractivity contribution < 1.29 is 9.90 Å². The van der Waals surface area contributed by atoms with E-state index in [0.29, 0.717) is 23.6 Å². The molecule has 1 unspecified atom stereocenters. The maximum atomic E-state index is 13.1. The molecule has 0 radical (unpaired) electrons. The van der Waals surface area contributed by atoms with Crippen LogP contribution in [0.3, 0.4) is 0 Å². The number of fused-ring (bicyclic) bond motifs is 3. The van der Waals surface area contributed by atoms with Crippen LogP contribution in [0.1, 0.15) is 81.7 Å². The number of aromatic carboxylic acids is 1. The van der Waals surface area contributed by atoms with Crippen LogP contribution in [-0.2, 0) is 0 Å². The maximum Gasteiger partial charge on any atom is 0.360 e. The first-order chi connectivity index (χ1) is 14.9. The van der Waals surface area contributed by atoms with Crippen LogP contribution in [-0.4, -0.2) is 43.7 Å². The number of hydrogen-bond donors (Lipinski definition) is 1. The SMILES string of the molecule is CC(C)C1CCC(N2[C@@H]3CC[C@H]2CC(n2c(=O)c(C(=O)O)nc4ccccc42)C3)CC1. The average Bonchev–Trinajstić information content (AvgIpc) is 3.02. The lowest BCUT2D eigenvalue weighted by Crippen LogP contribution is -2.51. The van der Waals surface area contributed by atoms with Crippen LogP contribution in [0.2, 0.25) is 0 Å². The lowest BCUT2D eigenvalue weighted by molar-refractivity contribution is 0.0331. The molecule has 3 aliphatic rings. The Morgan fingerprint density at radius 2 is 1.58 bits per heavy atom. The monoisotopic (exact) mass is 423 g/mol. The van der Waals surface area contributed by atoms with Gasteiger partial charge < -0.3 is 9.67 Å². The number of nitrogens with zero attached hydrogens (tertiary/aromatic N) is 3. The normalized spacial score (nSPS) is 31.4. The zero-order chi connectivity index (χ0) is 21.7. The van der Waals surface area contributed by atoms with Crippen LogP contribution < -0.4 is 5.56 Å². The molecule has 2 aliphatic heterocycles. The van der Waals surface area contributed by atoms with Crippen molar-refractivity contribution in [2.75, 3.05) is 0 Å². The standard InChI is InChI=1S/C25H33N3O3/c1-15(2)16-7-9-17(10-8-16)27-18-11-12-19(27)14-20(13-18)28-22-6-4-3-5-21(22)26-23(24(28)29)25(30)31/h3-6,15-20H,7-14H2,1-2H3,(H,30,31)/t16?,17?,18-,19+,20?. The van der Waals surface area contributed by atoms with Crippen LogP contribution in [0, 0.1) is 11.8 Å². The molecule has 0 spiro atoms. The Labute approximate surface area is 183 Å². The first kappa shape index (κ1) is 20.7. The van der Waals surface area contributed by atoms with Crippen LogP contribution in [0.25, 0.3) is 11.0 Å². The molecule has 1 aromatic heterocycles. The molecule has 1 aromatic carbocycles. The molecule has 1 N–H and O–H groups in total. The van der Waals surface area contributed by atoms with E-state index in [1.165, 1.54) is 38.5 Å². The van der Waals surface area contributed by atoms with Gasteiger partial charge in [0, 0.05) is 24.2 Å². The second-order valence-electron chi connectivity index (χ2n) is 10.2. The Kier molecular flexibility index (Phi) is 5.37. The zero-order valence-corrected chi connectivity index (χ0v) is 18.5. The highest BCUT2D eigenvalue weighted by Crippen LogP contribution is 2.45. The Balaban J connectivity index is 1.43. The third kappa shape index (κ3) is 3.59. The van der Waals surface area contributed by atoms with Gasteiger partial charge in [0.1, 0.15) is 0 Å². The van der Waals surface area contributed by atoms with Gasteiger partial charge in [-0.2, -0.15) is 0 Å². The largest absolute Gasteiger partial charge is 0.476 e. The van der Waals surface area contributed by atoms with E-state index in [1.807, 2.05) is 18.2 Å². The molecule has 2 aromatic rings. The molecule has 6 nitrogen and oxygen atoms in total. The average molecular weight is 424 g/mol. The Bertz CT molecular complexity index is 1020. The summed E-state index contributed by atoms with van der Waals surface area (Å²) in [5.74, 6) is 0.396. The molecule has 1 aliphatic carbocycles. The fraction of sp³-hybridized carbons (Fsp3) is 0.640. The van der Waals surface area contributed by atoms with Crippen molar-refractivity contribution in [3.8, 4) is 0 Å². The quantitative estimate of drug-likeness (QED) is 0.785. The fourth-order valence-corrected chi connectivity index (χ4v) is 6.71. The van der Waals surface area contributed by atoms with Gasteiger partial charge in [-0.05, 0) is 75.3 Å². The summed E-state index contributed by atoms with van der Waals surface area (Å²) in [4.78, 5) is 31.8. The number of aromatic nitrogens is 2. The molecule has 2 saturated heterocycles. The minimum atomic E-state index is -1.24. The first-order valence-corrected chi connectivity index (χ1v) is 12.0. The summed E-state index contributed by atoms with van der Waals surface area (Å²) in [6, 6.07) is 9.15. The number of piperidine rings is 1. The van der Waals surface area contributed by atoms with E-state index in [4.69, 9.17) is 0 Å². The number of carboxylic acid groups (broad SMARTS) is 1. The van der Waals surface area contributed by atoms with E-state index in [-0.39, 0.29) is 11.7 Å². The van der Waals surface area contributed by atoms with Crippen molar-refractivity contribution in [1.82, 2.24) is 14.5 Å². The highest BCUT2D eigenvalue weighted by atomic mass is 16.4. The van der Waals surface area contributed by atoms with Gasteiger partial charge in [-0.25, -0.2) is 9.78 Å². The lowest BCUT2D eigenvalue weighted by atomic mass is 9.78. The zero-order valence-electron chi connectivity index (χ0n) is 18.5. The van der Waals surface area contributed by atoms with E-state index in [0.717, 1.165) is 30.2 Å². The Morgan fingerprint density at radius 3 is 2.19 bits per heavy atom. The number of carboxylic acids is 1. The molecule has 6 heteroatoms. The van der Waals surface area contributed by atoms with Gasteiger partial charge in [0.05, 0.1) is 11.0 Å². The number of rotatable bonds is 4. The summed E-state index contributed by atoms with van der Waals surface area (Å²) < 4.78 is 1.75. The summed E-state index contributed by atoms with van der Waals surface area (Å²) in [5, 5.41) is 9.55. The van der Waals surface area contributed by atoms with Crippen molar-refractivity contribution in [3.05, 3.63) is 40.3 Å². The van der Waals surface area contributed by atoms with Crippen molar-refractivity contribution in [2.24, 2.45) is 11.8 Å². The van der Waals surface area contributed by atoms with Gasteiger partial charge in [-0.1, -0.05) is 26.0 Å². The Morgan fingerprint density at radius 1 is 0.968 bits per heavy atom. The summed E-state index contributed by atoms with van der Waals surface area (Å²) in [6.45, 7) is 4.70. The summed E-state index contributed by atoms with van der Waals surface area (Å²) >= 11 is 0. The predicted molar refractivity (Wildman–Crippen MR) is 120 cm³/mol. The van der Waals surface area contributed by atoms with E-state index < -0.39 is 11.5 Å². The molecule has 31 heavy (non-hydrogen) atoms. The topological polar surface area (TPSA) is 75.4 Å². The van der Waals surface area contributed by atoms with Crippen molar-refractivity contribution >= 4 is 17.0 Å². The minimum Gasteiger partial charge on any atom is -0.476 e. The van der Waals surface area contributed by atoms with E-state index in [1.54, 1.807) is 10.6 Å². The van der Waals surface area contributed by atoms with Crippen molar-refractivity contribution in [1.29, 1.82) is 0 Å². The molecule has 5 rings (SSSR count). The summed E-state index contributed by atoms with van der Waals surface area (Å²) in [7, 11) is 0. The third-order valence-electron chi connectivity index (χ3n) is 8.23. The number of hydrogen-bond acceptors (Lipinski definition) is 4. The van der Waals surface area contributed by atoms with Crippen molar-refractivity contribution in [3.63, 3.8) is 0 Å². The highest BCUT2D eigenvalue weighted by Gasteiger charge is 2.45. The first-order valence-electron chi connectivity index (χ1n) is 12.0. The summed E-state index contributed by atoms with van der Waals surface area (Å²) in [6.07, 6.45) is 9.48. The van der Waals surface area contributed by atoms with E-state index in [2.05, 4.69) is 23.7 Å². The molecule has 3 heterocycles. The Hall–Kier alpha value is -2.21. The fourth-order valence-electron chi connectivity index (χ4n) is 6.71. The molecule has 1 saturated carbocycles. The van der Waals surface area contributed by atoms with Gasteiger partial charge in [-0.3, -0.25) is 9.69 Å². The lowest BCUT2D eigenvalue weighted by Gasteiger charge is -2.46. The molecule has 3 atom stereocenters. The van der Waals surface area contributed by atoms with Gasteiger partial charge in [0.25, 0.3) is 5.56 Å². The van der Waals surface area contributed by atoms with E-state index >= 15 is 0 Å². The molecular formula is C25H33N3O3. The molecular weight excluding hydrogens is 390 g/mol. The smallest absolute Gasteiger partial charge is 0.360 e. The molecule has 166 valence electrons. The second-order valence-corrected chi connectivity index (χ2v) is 10.2. The van der Waals surface area contributed by atoms with Crippen LogP contribution >= 0.6 is 0 Å². The van der Waals surface area contributed by atoms with Gasteiger partial charge in [0.2, 0.25) is 5.69 Å². The van der Waals surface area contributed by atoms with Crippen LogP contribution in [0.15, 0.2) is 29.1 Å². The van der Waals surface area contributed by atoms with E-state index in [9.17, 15) is 14.7 Å². The highest BCUT2D eigenvalue weighted by molar-refractivity contribution is 5.88. The van der Waals surface area contributed by atoms with Gasteiger partial charge >= 0.3 is 5.97 Å². The third-order valence-corrected chi connectivity index (χ3v) is 8.23. The number of benzene rings is 1. The number of para-hydroxylation sites is 2. The molecule has 0 amide bonds. The predicted octanol–water partition coefficient (Wildman–Crippen LogP) is 4.48. The molecule has 3 fully saturated rings. The van der Waals surface area contributed by atoms with Crippen LogP contribution in [0.5, 0.6) is 0 Å².